The Bertz CT molecular complexity index is 471. The van der Waals surface area contributed by atoms with Crippen molar-refractivity contribution in [2.24, 2.45) is 0 Å². The second-order valence-corrected chi connectivity index (χ2v) is 4.11. The topological polar surface area (TPSA) is 88.6 Å². The van der Waals surface area contributed by atoms with Gasteiger partial charge in [-0.25, -0.2) is 0 Å². The molecule has 0 heterocycles. The summed E-state index contributed by atoms with van der Waals surface area (Å²) in [5, 5.41) is 8.60. The molecule has 1 rings (SSSR count). The number of ether oxygens (including phenoxy) is 2. The fourth-order valence-electron chi connectivity index (χ4n) is 1.59. The zero-order valence-corrected chi connectivity index (χ0v) is 11.5. The first-order valence-corrected chi connectivity index (χ1v) is 6.30. The van der Waals surface area contributed by atoms with Crippen LogP contribution in [0.25, 0.3) is 0 Å². The molecule has 0 aromatic heterocycles. The lowest BCUT2D eigenvalue weighted by molar-refractivity contribution is -0.133. The molecule has 0 bridgehead atoms. The van der Waals surface area contributed by atoms with Crippen LogP contribution in [0.2, 0.25) is 0 Å². The van der Waals surface area contributed by atoms with Crippen LogP contribution in [-0.2, 0) is 9.53 Å². The highest BCUT2D eigenvalue weighted by molar-refractivity contribution is 5.78. The van der Waals surface area contributed by atoms with Gasteiger partial charge in [0, 0.05) is 20.2 Å². The highest BCUT2D eigenvalue weighted by Gasteiger charge is 2.14. The number of nitrogens with zero attached hydrogens (tertiary/aromatic N) is 2. The number of nitrogens with two attached hydrogens (primary N) is 1. The molecule has 0 saturated heterocycles. The third-order valence-corrected chi connectivity index (χ3v) is 2.68. The molecule has 0 aliphatic rings. The van der Waals surface area contributed by atoms with Gasteiger partial charge in [0.15, 0.2) is 6.61 Å². The number of carbonyl (C=O) groups is 1. The molecule has 0 aliphatic carbocycles. The van der Waals surface area contributed by atoms with Gasteiger partial charge in [0.25, 0.3) is 5.91 Å². The van der Waals surface area contributed by atoms with E-state index < -0.39 is 0 Å². The molecule has 0 fully saturated rings. The predicted molar refractivity (Wildman–Crippen MR) is 75.0 cm³/mol. The average Bonchev–Trinajstić information content (AvgIpc) is 2.46. The Labute approximate surface area is 118 Å². The van der Waals surface area contributed by atoms with Gasteiger partial charge in [-0.15, -0.1) is 0 Å². The van der Waals surface area contributed by atoms with E-state index in [1.807, 2.05) is 6.07 Å². The molecule has 0 aliphatic heterocycles. The van der Waals surface area contributed by atoms with E-state index in [0.29, 0.717) is 31.1 Å². The molecule has 1 aromatic rings. The number of hydrogen-bond donors (Lipinski definition) is 1. The Kier molecular flexibility index (Phi) is 6.93. The van der Waals surface area contributed by atoms with Crippen molar-refractivity contribution in [2.45, 2.75) is 6.42 Å². The van der Waals surface area contributed by atoms with Gasteiger partial charge in [0.1, 0.15) is 5.75 Å². The van der Waals surface area contributed by atoms with Gasteiger partial charge in [-0.05, 0) is 12.1 Å². The molecule has 0 spiro atoms. The number of para-hydroxylation sites is 2. The number of rotatable bonds is 8. The van der Waals surface area contributed by atoms with Gasteiger partial charge in [-0.1, -0.05) is 12.1 Å². The number of anilines is 1. The van der Waals surface area contributed by atoms with Crippen molar-refractivity contribution >= 4 is 11.6 Å². The minimum Gasteiger partial charge on any atom is -0.482 e. The second-order valence-electron chi connectivity index (χ2n) is 4.11. The fraction of sp³-hybridized carbons (Fsp3) is 0.429. The molecule has 6 heteroatoms. The maximum atomic E-state index is 12.0. The number of nitrogen functional groups attached to an aromatic ring is 1. The Morgan fingerprint density at radius 1 is 1.40 bits per heavy atom. The third-order valence-electron chi connectivity index (χ3n) is 2.68. The van der Waals surface area contributed by atoms with Crippen LogP contribution in [0.3, 0.4) is 0 Å². The standard InChI is InChI=1S/C14H19N3O3/c1-19-10-9-17(8-4-7-15)14(18)11-20-13-6-3-2-5-12(13)16/h2-3,5-6H,4,8-11,16H2,1H3. The van der Waals surface area contributed by atoms with Gasteiger partial charge in [-0.3, -0.25) is 4.79 Å². The van der Waals surface area contributed by atoms with Crippen molar-refractivity contribution < 1.29 is 14.3 Å². The maximum absolute atomic E-state index is 12.0. The summed E-state index contributed by atoms with van der Waals surface area (Å²) >= 11 is 0. The number of amides is 1. The van der Waals surface area contributed by atoms with E-state index >= 15 is 0 Å². The van der Waals surface area contributed by atoms with Crippen LogP contribution in [0.4, 0.5) is 5.69 Å². The predicted octanol–water partition coefficient (Wildman–Crippen LogP) is 1.04. The highest BCUT2D eigenvalue weighted by atomic mass is 16.5. The zero-order valence-electron chi connectivity index (χ0n) is 11.5. The van der Waals surface area contributed by atoms with E-state index in [1.54, 1.807) is 36.3 Å². The average molecular weight is 277 g/mol. The summed E-state index contributed by atoms with van der Waals surface area (Å²) in [7, 11) is 1.56. The quantitative estimate of drug-likeness (QED) is 0.717. The first-order chi connectivity index (χ1) is 9.69. The molecule has 2 N–H and O–H groups in total. The smallest absolute Gasteiger partial charge is 0.260 e. The SMILES string of the molecule is COCCN(CCC#N)C(=O)COc1ccccc1N. The van der Waals surface area contributed by atoms with E-state index in [-0.39, 0.29) is 18.9 Å². The van der Waals surface area contributed by atoms with Crippen molar-refractivity contribution in [3.05, 3.63) is 24.3 Å². The molecule has 108 valence electrons. The van der Waals surface area contributed by atoms with Crippen molar-refractivity contribution in [3.63, 3.8) is 0 Å². The molecule has 0 saturated carbocycles. The molecular weight excluding hydrogens is 258 g/mol. The Morgan fingerprint density at radius 3 is 2.80 bits per heavy atom. The maximum Gasteiger partial charge on any atom is 0.260 e. The van der Waals surface area contributed by atoms with Crippen molar-refractivity contribution in [3.8, 4) is 11.8 Å². The Balaban J connectivity index is 2.52. The van der Waals surface area contributed by atoms with E-state index in [0.717, 1.165) is 0 Å². The molecule has 1 amide bonds. The van der Waals surface area contributed by atoms with Crippen LogP contribution in [-0.4, -0.2) is 44.2 Å². The molecular formula is C14H19N3O3. The number of nitriles is 1. The first-order valence-electron chi connectivity index (χ1n) is 6.30. The molecule has 20 heavy (non-hydrogen) atoms. The minimum atomic E-state index is -0.194. The molecule has 0 atom stereocenters. The van der Waals surface area contributed by atoms with Crippen LogP contribution >= 0.6 is 0 Å². The lowest BCUT2D eigenvalue weighted by atomic mass is 10.3. The van der Waals surface area contributed by atoms with Gasteiger partial charge < -0.3 is 20.1 Å². The van der Waals surface area contributed by atoms with E-state index in [4.69, 9.17) is 20.5 Å². The Morgan fingerprint density at radius 2 is 2.15 bits per heavy atom. The second kappa shape index (κ2) is 8.77. The fourth-order valence-corrected chi connectivity index (χ4v) is 1.59. The molecule has 6 nitrogen and oxygen atoms in total. The Hall–Kier alpha value is -2.26. The van der Waals surface area contributed by atoms with Crippen LogP contribution in [0.15, 0.2) is 24.3 Å². The van der Waals surface area contributed by atoms with Gasteiger partial charge in [-0.2, -0.15) is 5.26 Å². The van der Waals surface area contributed by atoms with Gasteiger partial charge in [0.2, 0.25) is 0 Å². The zero-order chi connectivity index (χ0) is 14.8. The summed E-state index contributed by atoms with van der Waals surface area (Å²) < 4.78 is 10.3. The first kappa shape index (κ1) is 15.8. The van der Waals surface area contributed by atoms with E-state index in [9.17, 15) is 4.79 Å². The number of carbonyl (C=O) groups excluding carboxylic acids is 1. The number of hydrogen-bond acceptors (Lipinski definition) is 5. The van der Waals surface area contributed by atoms with Crippen LogP contribution in [0, 0.1) is 11.3 Å². The van der Waals surface area contributed by atoms with Crippen LogP contribution in [0.1, 0.15) is 6.42 Å². The largest absolute Gasteiger partial charge is 0.482 e. The minimum absolute atomic E-state index is 0.108. The summed E-state index contributed by atoms with van der Waals surface area (Å²) in [6.45, 7) is 1.12. The lowest BCUT2D eigenvalue weighted by Crippen LogP contribution is -2.38. The molecule has 0 radical (unpaired) electrons. The lowest BCUT2D eigenvalue weighted by Gasteiger charge is -2.21. The summed E-state index contributed by atoms with van der Waals surface area (Å²) in [5.74, 6) is 0.286. The molecule has 0 unspecified atom stereocenters. The van der Waals surface area contributed by atoms with Crippen molar-refractivity contribution in [1.29, 1.82) is 5.26 Å². The summed E-state index contributed by atoms with van der Waals surface area (Å²) in [4.78, 5) is 13.6. The summed E-state index contributed by atoms with van der Waals surface area (Å²) in [6, 6.07) is 9.01. The van der Waals surface area contributed by atoms with Gasteiger partial charge in [0.05, 0.1) is 24.8 Å². The van der Waals surface area contributed by atoms with Crippen LogP contribution < -0.4 is 10.5 Å². The summed E-state index contributed by atoms with van der Waals surface area (Å²) in [5.41, 5.74) is 6.22. The van der Waals surface area contributed by atoms with Crippen molar-refractivity contribution in [2.75, 3.05) is 39.1 Å². The summed E-state index contributed by atoms with van der Waals surface area (Å²) in [6.07, 6.45) is 0.281. The van der Waals surface area contributed by atoms with Gasteiger partial charge >= 0.3 is 0 Å². The van der Waals surface area contributed by atoms with E-state index in [1.165, 1.54) is 0 Å². The number of benzene rings is 1. The number of methoxy groups -OCH3 is 1. The molecule has 1 aromatic carbocycles. The monoisotopic (exact) mass is 277 g/mol. The highest BCUT2D eigenvalue weighted by Crippen LogP contribution is 2.19. The van der Waals surface area contributed by atoms with Crippen LogP contribution in [0.5, 0.6) is 5.75 Å². The van der Waals surface area contributed by atoms with Crippen molar-refractivity contribution in [1.82, 2.24) is 4.90 Å². The van der Waals surface area contributed by atoms with E-state index in [2.05, 4.69) is 0 Å². The third kappa shape index (κ3) is 5.16. The normalized spacial score (nSPS) is 9.80.